The summed E-state index contributed by atoms with van der Waals surface area (Å²) in [5.41, 5.74) is 6.36. The minimum Gasteiger partial charge on any atom is -0.481 e. The topological polar surface area (TPSA) is 87.7 Å². The standard InChI is InChI=1S/C19H20FN3O2/c20-16-9-5-4-8-14(16)10-15(13-6-2-1-3-7-13)19(11-17(24)25)12-22-18(21)23-19/h1-9,15H,10-12H2,(H,24,25)(H3,21,22,23). The molecule has 2 unspecified atom stereocenters. The molecule has 2 atom stereocenters. The molecule has 0 fully saturated rings. The maximum absolute atomic E-state index is 14.2. The summed E-state index contributed by atoms with van der Waals surface area (Å²) < 4.78 is 14.2. The molecule has 5 nitrogen and oxygen atoms in total. The maximum atomic E-state index is 14.2. The van der Waals surface area contributed by atoms with Crippen molar-refractivity contribution in [1.29, 1.82) is 0 Å². The number of hydrogen-bond acceptors (Lipinski definition) is 4. The summed E-state index contributed by atoms with van der Waals surface area (Å²) in [5, 5.41) is 12.5. The average molecular weight is 341 g/mol. The number of carboxylic acids is 1. The Hall–Kier alpha value is -2.89. The molecule has 0 amide bonds. The van der Waals surface area contributed by atoms with Gasteiger partial charge in [0.05, 0.1) is 18.5 Å². The summed E-state index contributed by atoms with van der Waals surface area (Å²) in [6, 6.07) is 16.0. The Balaban J connectivity index is 2.03. The number of carbonyl (C=O) groups is 1. The zero-order chi connectivity index (χ0) is 17.9. The SMILES string of the molecule is NC1=NCC(CC(=O)O)(C(Cc2ccccc2F)c2ccccc2)N1. The number of hydrogen-bond donors (Lipinski definition) is 3. The molecule has 0 bridgehead atoms. The number of benzene rings is 2. The fraction of sp³-hybridized carbons (Fsp3) is 0.263. The highest BCUT2D eigenvalue weighted by Gasteiger charge is 2.45. The lowest BCUT2D eigenvalue weighted by Gasteiger charge is -2.37. The average Bonchev–Trinajstić information content (AvgIpc) is 2.95. The number of nitrogens with zero attached hydrogens (tertiary/aromatic N) is 1. The van der Waals surface area contributed by atoms with Crippen LogP contribution in [0.3, 0.4) is 0 Å². The van der Waals surface area contributed by atoms with Crippen LogP contribution >= 0.6 is 0 Å². The van der Waals surface area contributed by atoms with Crippen molar-refractivity contribution in [3.05, 3.63) is 71.5 Å². The minimum atomic E-state index is -0.952. The first kappa shape index (κ1) is 17.0. The molecule has 3 rings (SSSR count). The molecule has 1 aliphatic rings. The van der Waals surface area contributed by atoms with Crippen LogP contribution in [0.15, 0.2) is 59.6 Å². The zero-order valence-electron chi connectivity index (χ0n) is 13.7. The number of guanidine groups is 1. The van der Waals surface area contributed by atoms with Crippen molar-refractivity contribution < 1.29 is 14.3 Å². The van der Waals surface area contributed by atoms with Gasteiger partial charge >= 0.3 is 5.97 Å². The lowest BCUT2D eigenvalue weighted by Crippen LogP contribution is -2.54. The second-order valence-electron chi connectivity index (χ2n) is 6.31. The van der Waals surface area contributed by atoms with Gasteiger partial charge < -0.3 is 16.2 Å². The molecule has 0 saturated carbocycles. The van der Waals surface area contributed by atoms with Gasteiger partial charge in [-0.1, -0.05) is 48.5 Å². The van der Waals surface area contributed by atoms with E-state index in [1.165, 1.54) is 6.07 Å². The van der Waals surface area contributed by atoms with Gasteiger partial charge in [-0.3, -0.25) is 9.79 Å². The molecule has 1 aliphatic heterocycles. The summed E-state index contributed by atoms with van der Waals surface area (Å²) >= 11 is 0. The van der Waals surface area contributed by atoms with Crippen molar-refractivity contribution >= 4 is 11.9 Å². The highest BCUT2D eigenvalue weighted by Crippen LogP contribution is 2.37. The predicted molar refractivity (Wildman–Crippen MR) is 93.9 cm³/mol. The zero-order valence-corrected chi connectivity index (χ0v) is 13.7. The van der Waals surface area contributed by atoms with Gasteiger partial charge in [-0.2, -0.15) is 0 Å². The Labute approximate surface area is 145 Å². The van der Waals surface area contributed by atoms with Crippen LogP contribution < -0.4 is 11.1 Å². The van der Waals surface area contributed by atoms with Crippen molar-refractivity contribution in [2.75, 3.05) is 6.54 Å². The molecule has 6 heteroatoms. The molecule has 130 valence electrons. The Bertz CT molecular complexity index is 794. The Morgan fingerprint density at radius 2 is 1.92 bits per heavy atom. The minimum absolute atomic E-state index is 0.161. The molecule has 0 radical (unpaired) electrons. The first-order valence-corrected chi connectivity index (χ1v) is 8.08. The lowest BCUT2D eigenvalue weighted by atomic mass is 9.74. The van der Waals surface area contributed by atoms with Gasteiger partial charge in [0.15, 0.2) is 5.96 Å². The molecule has 2 aromatic rings. The van der Waals surface area contributed by atoms with E-state index in [1.807, 2.05) is 30.3 Å². The number of nitrogens with two attached hydrogens (primary N) is 1. The third-order valence-corrected chi connectivity index (χ3v) is 4.63. The van der Waals surface area contributed by atoms with E-state index in [-0.39, 0.29) is 30.7 Å². The number of carboxylic acid groups (broad SMARTS) is 1. The van der Waals surface area contributed by atoms with Crippen molar-refractivity contribution in [2.45, 2.75) is 24.3 Å². The molecule has 0 spiro atoms. The Morgan fingerprint density at radius 3 is 2.52 bits per heavy atom. The fourth-order valence-corrected chi connectivity index (χ4v) is 3.45. The van der Waals surface area contributed by atoms with Crippen LogP contribution in [-0.4, -0.2) is 29.1 Å². The number of aliphatic imine (C=N–C) groups is 1. The van der Waals surface area contributed by atoms with E-state index in [2.05, 4.69) is 10.3 Å². The largest absolute Gasteiger partial charge is 0.481 e. The molecule has 4 N–H and O–H groups in total. The fourth-order valence-electron chi connectivity index (χ4n) is 3.45. The first-order chi connectivity index (χ1) is 12.0. The summed E-state index contributed by atoms with van der Waals surface area (Å²) in [5.74, 6) is -1.34. The monoisotopic (exact) mass is 341 g/mol. The maximum Gasteiger partial charge on any atom is 0.305 e. The van der Waals surface area contributed by atoms with E-state index in [0.717, 1.165) is 5.56 Å². The summed E-state index contributed by atoms with van der Waals surface area (Å²) in [6.45, 7) is 0.235. The van der Waals surface area contributed by atoms with Gasteiger partial charge in [-0.25, -0.2) is 4.39 Å². The van der Waals surface area contributed by atoms with Gasteiger partial charge in [0.2, 0.25) is 0 Å². The normalized spacial score (nSPS) is 20.6. The number of halogens is 1. The van der Waals surface area contributed by atoms with Crippen LogP contribution in [0, 0.1) is 5.82 Å². The molecule has 0 aliphatic carbocycles. The number of nitrogens with one attached hydrogen (secondary N) is 1. The van der Waals surface area contributed by atoms with Gasteiger partial charge in [0.1, 0.15) is 5.82 Å². The van der Waals surface area contributed by atoms with E-state index in [1.54, 1.807) is 18.2 Å². The van der Waals surface area contributed by atoms with E-state index < -0.39 is 11.5 Å². The van der Waals surface area contributed by atoms with Crippen LogP contribution in [0.5, 0.6) is 0 Å². The van der Waals surface area contributed by atoms with Gasteiger partial charge in [-0.05, 0) is 23.6 Å². The van der Waals surface area contributed by atoms with E-state index in [9.17, 15) is 14.3 Å². The van der Waals surface area contributed by atoms with E-state index in [0.29, 0.717) is 12.0 Å². The summed E-state index contributed by atoms with van der Waals surface area (Å²) in [6.07, 6.45) is 0.185. The molecule has 0 aromatic heterocycles. The van der Waals surface area contributed by atoms with Crippen molar-refractivity contribution in [2.24, 2.45) is 10.7 Å². The molecular weight excluding hydrogens is 321 g/mol. The molecule has 1 heterocycles. The van der Waals surface area contributed by atoms with Gasteiger partial charge in [0, 0.05) is 5.92 Å². The highest BCUT2D eigenvalue weighted by molar-refractivity contribution is 5.82. The first-order valence-electron chi connectivity index (χ1n) is 8.08. The van der Waals surface area contributed by atoms with Gasteiger partial charge in [0.25, 0.3) is 0 Å². The third kappa shape index (κ3) is 3.63. The van der Waals surface area contributed by atoms with Crippen LogP contribution in [0.25, 0.3) is 0 Å². The second kappa shape index (κ2) is 6.93. The summed E-state index contributed by atoms with van der Waals surface area (Å²) in [7, 11) is 0. The Kier molecular flexibility index (Phi) is 4.70. The highest BCUT2D eigenvalue weighted by atomic mass is 19.1. The van der Waals surface area contributed by atoms with Crippen LogP contribution in [0.2, 0.25) is 0 Å². The second-order valence-corrected chi connectivity index (χ2v) is 6.31. The third-order valence-electron chi connectivity index (χ3n) is 4.63. The summed E-state index contributed by atoms with van der Waals surface area (Å²) in [4.78, 5) is 15.7. The van der Waals surface area contributed by atoms with Crippen molar-refractivity contribution in [3.63, 3.8) is 0 Å². The molecular formula is C19H20FN3O2. The molecule has 2 aromatic carbocycles. The van der Waals surface area contributed by atoms with E-state index in [4.69, 9.17) is 5.73 Å². The van der Waals surface area contributed by atoms with E-state index >= 15 is 0 Å². The van der Waals surface area contributed by atoms with Gasteiger partial charge in [-0.15, -0.1) is 0 Å². The van der Waals surface area contributed by atoms with Crippen LogP contribution in [0.1, 0.15) is 23.5 Å². The molecule has 0 saturated heterocycles. The lowest BCUT2D eigenvalue weighted by molar-refractivity contribution is -0.138. The van der Waals surface area contributed by atoms with Crippen molar-refractivity contribution in [1.82, 2.24) is 5.32 Å². The quantitative estimate of drug-likeness (QED) is 0.752. The Morgan fingerprint density at radius 1 is 1.24 bits per heavy atom. The van der Waals surface area contributed by atoms with Crippen molar-refractivity contribution in [3.8, 4) is 0 Å². The van der Waals surface area contributed by atoms with Crippen LogP contribution in [0.4, 0.5) is 4.39 Å². The smallest absolute Gasteiger partial charge is 0.305 e. The van der Waals surface area contributed by atoms with Crippen LogP contribution in [-0.2, 0) is 11.2 Å². The number of aliphatic carboxylic acids is 1. The molecule has 25 heavy (non-hydrogen) atoms. The number of rotatable bonds is 6. The predicted octanol–water partition coefficient (Wildman–Crippen LogP) is 2.28.